The van der Waals surface area contributed by atoms with Crippen LogP contribution in [0.1, 0.15) is 17.2 Å². The van der Waals surface area contributed by atoms with Gasteiger partial charge in [-0.05, 0) is 0 Å². The molecule has 0 unspecified atom stereocenters. The van der Waals surface area contributed by atoms with E-state index in [4.69, 9.17) is 4.74 Å². The summed E-state index contributed by atoms with van der Waals surface area (Å²) in [6.45, 7) is 0.822. The Morgan fingerprint density at radius 3 is 1.68 bits per heavy atom. The number of fused-ring (bicyclic) bond motifs is 1. The molecule has 3 heterocycles. The monoisotopic (exact) mass is 724 g/mol. The van der Waals surface area contributed by atoms with Crippen molar-refractivity contribution in [3.8, 4) is 0 Å². The topological polar surface area (TPSA) is 49.9 Å². The molecule has 0 spiro atoms. The van der Waals surface area contributed by atoms with E-state index in [1.807, 2.05) is 41.3 Å². The molecule has 5 aromatic rings. The Morgan fingerprint density at radius 2 is 1.15 bits per heavy atom. The fraction of sp³-hybridized carbons (Fsp3) is 0.171. The Balaban J connectivity index is 1.29. The quantitative estimate of drug-likeness (QED) is 0.162. The van der Waals surface area contributed by atoms with E-state index in [9.17, 15) is 9.59 Å². The van der Waals surface area contributed by atoms with Gasteiger partial charge in [0.25, 0.3) is 0 Å². The van der Waals surface area contributed by atoms with Gasteiger partial charge in [-0.1, -0.05) is 0 Å². The second kappa shape index (κ2) is 12.5. The molecular weight excluding hydrogens is 687 g/mol. The Kier molecular flexibility index (Phi) is 7.93. The second-order valence-electron chi connectivity index (χ2n) is 12.7. The van der Waals surface area contributed by atoms with Gasteiger partial charge in [0, 0.05) is 0 Å². The minimum atomic E-state index is -3.83. The van der Waals surface area contributed by atoms with Gasteiger partial charge in [-0.15, -0.1) is 0 Å². The molecule has 47 heavy (non-hydrogen) atoms. The van der Waals surface area contributed by atoms with Gasteiger partial charge in [0.1, 0.15) is 0 Å². The van der Waals surface area contributed by atoms with Gasteiger partial charge in [0.05, 0.1) is 0 Å². The molecule has 5 nitrogen and oxygen atoms in total. The number of hydrogen-bond donors (Lipinski definition) is 0. The van der Waals surface area contributed by atoms with Crippen molar-refractivity contribution in [2.24, 2.45) is 5.92 Å². The standard InChI is InChI=1S/C23H21N2O3.3C6H5.Sn/c1-15-13-24-20(18(15)12-16-8-4-2-5-9-16)21(22(24)26)25-19(14-28-23(25)27)17-10-6-3-7-11-17;3*1-2-4-6-5-3-1;/h1-11,18-21H,12-14H2;3*1-5H;/t18-,19-,20-,21+;;;;/m1..../s1. The van der Waals surface area contributed by atoms with Crippen LogP contribution in [0.25, 0.3) is 0 Å². The maximum absolute atomic E-state index is 14.1. The number of β-lactam (4-membered cyclic amide) rings is 1. The number of amides is 2. The van der Waals surface area contributed by atoms with Gasteiger partial charge in [0.2, 0.25) is 0 Å². The molecule has 3 aliphatic heterocycles. The third-order valence-corrected chi connectivity index (χ3v) is 23.2. The zero-order valence-electron chi connectivity index (χ0n) is 26.1. The number of hydrogen-bond acceptors (Lipinski definition) is 3. The molecule has 8 rings (SSSR count). The SMILES string of the molecule is O=C1[C@@H](N2C(=O)OC[C@@H]2c2ccccc2)[C@H]2[C@H](Cc3ccccc3)/C(=[CH]/[Sn]([c]3ccccc3)([c]3ccccc3)[c]3ccccc3)CN12. The number of carbonyl (C=O) groups is 2. The zero-order valence-corrected chi connectivity index (χ0v) is 28.9. The summed E-state index contributed by atoms with van der Waals surface area (Å²) in [5.41, 5.74) is 3.52. The Bertz CT molecular complexity index is 1810. The molecule has 2 amide bonds. The van der Waals surface area contributed by atoms with Gasteiger partial charge in [0.15, 0.2) is 0 Å². The molecule has 0 aromatic heterocycles. The van der Waals surface area contributed by atoms with E-state index < -0.39 is 30.5 Å². The Labute approximate surface area is 280 Å². The van der Waals surface area contributed by atoms with Crippen LogP contribution in [0.4, 0.5) is 4.79 Å². The second-order valence-corrected chi connectivity index (χ2v) is 23.1. The summed E-state index contributed by atoms with van der Waals surface area (Å²) in [5, 5.41) is 0. The average Bonchev–Trinajstić information content (AvgIpc) is 3.66. The first kappa shape index (κ1) is 29.8. The van der Waals surface area contributed by atoms with Crippen LogP contribution in [-0.4, -0.2) is 65.4 Å². The van der Waals surface area contributed by atoms with Crippen LogP contribution in [0.15, 0.2) is 161 Å². The molecule has 3 aliphatic rings. The summed E-state index contributed by atoms with van der Waals surface area (Å²) in [6.07, 6.45) is 0.385. The molecule has 0 bridgehead atoms. The van der Waals surface area contributed by atoms with E-state index in [2.05, 4.69) is 119 Å². The molecule has 6 heteroatoms. The van der Waals surface area contributed by atoms with Crippen molar-refractivity contribution in [2.75, 3.05) is 13.2 Å². The van der Waals surface area contributed by atoms with Crippen LogP contribution in [0.5, 0.6) is 0 Å². The van der Waals surface area contributed by atoms with Crippen molar-refractivity contribution >= 4 is 41.1 Å². The number of ether oxygens (including phenoxy) is 1. The number of carbonyl (C=O) groups excluding carboxylic acids is 2. The number of cyclic esters (lactones) is 1. The summed E-state index contributed by atoms with van der Waals surface area (Å²) in [5.74, 6) is 0.0633. The number of benzene rings is 5. The first-order chi connectivity index (χ1) is 23.1. The average molecular weight is 723 g/mol. The number of rotatable bonds is 8. The van der Waals surface area contributed by atoms with E-state index >= 15 is 0 Å². The summed E-state index contributed by atoms with van der Waals surface area (Å²) in [6, 6.07) is 52.5. The van der Waals surface area contributed by atoms with Crippen molar-refractivity contribution in [2.45, 2.75) is 24.5 Å². The molecule has 5 aromatic carbocycles. The van der Waals surface area contributed by atoms with Gasteiger partial charge < -0.3 is 0 Å². The predicted octanol–water partition coefficient (Wildman–Crippen LogP) is 5.27. The van der Waals surface area contributed by atoms with Crippen LogP contribution < -0.4 is 10.7 Å². The van der Waals surface area contributed by atoms with E-state index in [0.717, 1.165) is 12.0 Å². The zero-order chi connectivity index (χ0) is 31.8. The molecule has 3 saturated heterocycles. The van der Waals surface area contributed by atoms with E-state index in [1.54, 1.807) is 4.90 Å². The Hall–Kier alpha value is -4.62. The van der Waals surface area contributed by atoms with Gasteiger partial charge in [-0.2, -0.15) is 0 Å². The van der Waals surface area contributed by atoms with Crippen LogP contribution in [0.3, 0.4) is 0 Å². The van der Waals surface area contributed by atoms with Gasteiger partial charge in [-0.25, -0.2) is 0 Å². The van der Waals surface area contributed by atoms with Gasteiger partial charge >= 0.3 is 281 Å². The van der Waals surface area contributed by atoms with Crippen LogP contribution in [0.2, 0.25) is 0 Å². The minimum absolute atomic E-state index is 0.0103. The summed E-state index contributed by atoms with van der Waals surface area (Å²) < 4.78 is 12.4. The molecule has 0 saturated carbocycles. The van der Waals surface area contributed by atoms with Crippen molar-refractivity contribution < 1.29 is 14.3 Å². The molecule has 3 fully saturated rings. The third kappa shape index (κ3) is 5.17. The van der Waals surface area contributed by atoms with Crippen molar-refractivity contribution in [3.05, 3.63) is 172 Å². The fourth-order valence-corrected chi connectivity index (χ4v) is 21.0. The molecule has 232 valence electrons. The molecular formula is C41H36N2O3Sn. The van der Waals surface area contributed by atoms with E-state index in [0.29, 0.717) is 6.54 Å². The Morgan fingerprint density at radius 1 is 0.660 bits per heavy atom. The summed E-state index contributed by atoms with van der Waals surface area (Å²) in [4.78, 5) is 31.3. The first-order valence-corrected chi connectivity index (χ1v) is 22.3. The van der Waals surface area contributed by atoms with Crippen molar-refractivity contribution in [1.82, 2.24) is 9.80 Å². The van der Waals surface area contributed by atoms with Crippen LogP contribution in [0, 0.1) is 5.92 Å². The maximum atomic E-state index is 14.1. The van der Waals surface area contributed by atoms with Crippen LogP contribution in [-0.2, 0) is 16.0 Å². The predicted molar refractivity (Wildman–Crippen MR) is 187 cm³/mol. The van der Waals surface area contributed by atoms with Crippen LogP contribution >= 0.6 is 0 Å². The molecule has 0 radical (unpaired) electrons. The van der Waals surface area contributed by atoms with E-state index in [1.165, 1.54) is 21.9 Å². The fourth-order valence-electron chi connectivity index (χ4n) is 8.06. The van der Waals surface area contributed by atoms with Gasteiger partial charge in [-0.3, -0.25) is 0 Å². The third-order valence-electron chi connectivity index (χ3n) is 10.2. The summed E-state index contributed by atoms with van der Waals surface area (Å²) >= 11 is -3.83. The van der Waals surface area contributed by atoms with Crippen molar-refractivity contribution in [1.29, 1.82) is 0 Å². The van der Waals surface area contributed by atoms with E-state index in [-0.39, 0.29) is 30.5 Å². The first-order valence-electron chi connectivity index (χ1n) is 16.4. The molecule has 0 aliphatic carbocycles. The molecule has 0 N–H and O–H groups in total. The molecule has 4 atom stereocenters. The summed E-state index contributed by atoms with van der Waals surface area (Å²) in [7, 11) is 0. The normalized spacial score (nSPS) is 23.0. The number of nitrogens with zero attached hydrogens (tertiary/aromatic N) is 2. The van der Waals surface area contributed by atoms with Crippen molar-refractivity contribution in [3.63, 3.8) is 0 Å².